The molecule has 4 aromatic rings. The predicted molar refractivity (Wildman–Crippen MR) is 137 cm³/mol. The van der Waals surface area contributed by atoms with Gasteiger partial charge in [0.1, 0.15) is 0 Å². The summed E-state index contributed by atoms with van der Waals surface area (Å²) in [6, 6.07) is 22.0. The molecule has 8 nitrogen and oxygen atoms in total. The van der Waals surface area contributed by atoms with Gasteiger partial charge in [0.25, 0.3) is 0 Å². The molecule has 0 aliphatic carbocycles. The summed E-state index contributed by atoms with van der Waals surface area (Å²) < 4.78 is 24.7. The van der Waals surface area contributed by atoms with Crippen molar-refractivity contribution in [2.75, 3.05) is 5.75 Å². The standard InChI is InChI=1S/C25H25N5O3S2/c1-17-8-11-21(14-18(17)2)30-24(20-6-4-3-5-7-20)28-29-25(30)34-16-23(31)27-15-19-9-12-22(13-10-19)35(26,32)33/h3-14H,15-16H2,1-2H3,(H,27,31)(H2,26,32,33). The van der Waals surface area contributed by atoms with Gasteiger partial charge in [-0.2, -0.15) is 0 Å². The Morgan fingerprint density at radius 3 is 2.34 bits per heavy atom. The van der Waals surface area contributed by atoms with Crippen molar-refractivity contribution in [2.45, 2.75) is 30.4 Å². The van der Waals surface area contributed by atoms with Crippen LogP contribution in [0.4, 0.5) is 0 Å². The number of nitrogens with two attached hydrogens (primary N) is 1. The molecule has 0 bridgehead atoms. The van der Waals surface area contributed by atoms with Crippen LogP contribution >= 0.6 is 11.8 Å². The Morgan fingerprint density at radius 1 is 0.971 bits per heavy atom. The molecule has 0 spiro atoms. The Bertz CT molecular complexity index is 1450. The number of hydrogen-bond donors (Lipinski definition) is 2. The Kier molecular flexibility index (Phi) is 7.34. The van der Waals surface area contributed by atoms with Gasteiger partial charge < -0.3 is 5.32 Å². The fourth-order valence-electron chi connectivity index (χ4n) is 3.41. The summed E-state index contributed by atoms with van der Waals surface area (Å²) in [6.07, 6.45) is 0. The predicted octanol–water partition coefficient (Wildman–Crippen LogP) is 3.61. The molecule has 180 valence electrons. The number of primary sulfonamides is 1. The maximum absolute atomic E-state index is 12.5. The molecule has 1 aromatic heterocycles. The molecule has 0 atom stereocenters. The Hall–Kier alpha value is -3.47. The van der Waals surface area contributed by atoms with Gasteiger partial charge in [-0.15, -0.1) is 10.2 Å². The number of thioether (sulfide) groups is 1. The van der Waals surface area contributed by atoms with Crippen molar-refractivity contribution in [1.82, 2.24) is 20.1 Å². The molecular weight excluding hydrogens is 482 g/mol. The molecule has 0 saturated carbocycles. The maximum Gasteiger partial charge on any atom is 0.238 e. The first-order valence-electron chi connectivity index (χ1n) is 10.8. The molecule has 0 saturated heterocycles. The van der Waals surface area contributed by atoms with E-state index < -0.39 is 10.0 Å². The fraction of sp³-hybridized carbons (Fsp3) is 0.160. The van der Waals surface area contributed by atoms with E-state index in [1.165, 1.54) is 29.5 Å². The van der Waals surface area contributed by atoms with Crippen LogP contribution in [0.1, 0.15) is 16.7 Å². The number of benzene rings is 3. The second-order valence-corrected chi connectivity index (χ2v) is 10.5. The lowest BCUT2D eigenvalue weighted by atomic mass is 10.1. The number of nitrogens with zero attached hydrogens (tertiary/aromatic N) is 3. The minimum Gasteiger partial charge on any atom is -0.351 e. The number of hydrogen-bond acceptors (Lipinski definition) is 6. The van der Waals surface area contributed by atoms with E-state index in [1.54, 1.807) is 12.1 Å². The van der Waals surface area contributed by atoms with Crippen LogP contribution < -0.4 is 10.5 Å². The summed E-state index contributed by atoms with van der Waals surface area (Å²) in [5, 5.41) is 17.4. The SMILES string of the molecule is Cc1ccc(-n2c(SCC(=O)NCc3ccc(S(N)(=O)=O)cc3)nnc2-c2ccccc2)cc1C. The van der Waals surface area contributed by atoms with E-state index in [4.69, 9.17) is 5.14 Å². The number of aromatic nitrogens is 3. The summed E-state index contributed by atoms with van der Waals surface area (Å²) >= 11 is 1.30. The van der Waals surface area contributed by atoms with E-state index in [2.05, 4.69) is 41.5 Å². The van der Waals surface area contributed by atoms with Crippen molar-refractivity contribution in [1.29, 1.82) is 0 Å². The van der Waals surface area contributed by atoms with E-state index >= 15 is 0 Å². The number of carbonyl (C=O) groups is 1. The van der Waals surface area contributed by atoms with Crippen molar-refractivity contribution in [3.05, 3.63) is 89.5 Å². The zero-order valence-electron chi connectivity index (χ0n) is 19.3. The Balaban J connectivity index is 1.49. The molecule has 0 radical (unpaired) electrons. The van der Waals surface area contributed by atoms with Crippen LogP contribution in [0.25, 0.3) is 17.1 Å². The molecule has 10 heteroatoms. The van der Waals surface area contributed by atoms with Gasteiger partial charge in [0.05, 0.1) is 16.3 Å². The maximum atomic E-state index is 12.5. The molecular formula is C25H25N5O3S2. The lowest BCUT2D eigenvalue weighted by Gasteiger charge is -2.12. The summed E-state index contributed by atoms with van der Waals surface area (Å²) in [6.45, 7) is 4.39. The number of amides is 1. The number of nitrogens with one attached hydrogen (secondary N) is 1. The molecule has 4 rings (SSSR count). The molecule has 3 aromatic carbocycles. The zero-order chi connectivity index (χ0) is 25.0. The minimum absolute atomic E-state index is 0.0306. The van der Waals surface area contributed by atoms with Gasteiger partial charge in [-0.25, -0.2) is 13.6 Å². The molecule has 3 N–H and O–H groups in total. The van der Waals surface area contributed by atoms with Crippen molar-refractivity contribution in [2.24, 2.45) is 5.14 Å². The van der Waals surface area contributed by atoms with Crippen LogP contribution in [0.15, 0.2) is 82.8 Å². The molecule has 35 heavy (non-hydrogen) atoms. The van der Waals surface area contributed by atoms with E-state index in [0.29, 0.717) is 11.0 Å². The van der Waals surface area contributed by atoms with Gasteiger partial charge in [-0.3, -0.25) is 9.36 Å². The Labute approximate surface area is 208 Å². The van der Waals surface area contributed by atoms with E-state index in [1.807, 2.05) is 41.0 Å². The van der Waals surface area contributed by atoms with Gasteiger partial charge in [-0.1, -0.05) is 60.3 Å². The summed E-state index contributed by atoms with van der Waals surface area (Å²) in [5.74, 6) is 0.667. The Morgan fingerprint density at radius 2 is 1.69 bits per heavy atom. The fourth-order valence-corrected chi connectivity index (χ4v) is 4.71. The highest BCUT2D eigenvalue weighted by Crippen LogP contribution is 2.28. The lowest BCUT2D eigenvalue weighted by Crippen LogP contribution is -2.24. The van der Waals surface area contributed by atoms with Crippen LogP contribution in [-0.2, 0) is 21.4 Å². The van der Waals surface area contributed by atoms with Gasteiger partial charge >= 0.3 is 0 Å². The van der Waals surface area contributed by atoms with E-state index in [9.17, 15) is 13.2 Å². The first-order chi connectivity index (χ1) is 16.7. The highest BCUT2D eigenvalue weighted by molar-refractivity contribution is 7.99. The van der Waals surface area contributed by atoms with Crippen molar-refractivity contribution in [3.63, 3.8) is 0 Å². The van der Waals surface area contributed by atoms with Crippen molar-refractivity contribution >= 4 is 27.7 Å². The number of aryl methyl sites for hydroxylation is 2. The molecule has 1 heterocycles. The zero-order valence-corrected chi connectivity index (χ0v) is 20.9. The van der Waals surface area contributed by atoms with Crippen molar-refractivity contribution in [3.8, 4) is 17.1 Å². The van der Waals surface area contributed by atoms with E-state index in [0.717, 1.165) is 22.4 Å². The summed E-state index contributed by atoms with van der Waals surface area (Å²) in [7, 11) is -3.75. The van der Waals surface area contributed by atoms with Crippen LogP contribution in [0.3, 0.4) is 0 Å². The van der Waals surface area contributed by atoms with Crippen LogP contribution in [0.2, 0.25) is 0 Å². The average Bonchev–Trinajstić information content (AvgIpc) is 3.27. The number of carbonyl (C=O) groups excluding carboxylic acids is 1. The summed E-state index contributed by atoms with van der Waals surface area (Å²) in [4.78, 5) is 12.6. The first-order valence-corrected chi connectivity index (χ1v) is 13.4. The monoisotopic (exact) mass is 507 g/mol. The minimum atomic E-state index is -3.75. The number of sulfonamides is 1. The molecule has 0 unspecified atom stereocenters. The third-order valence-electron chi connectivity index (χ3n) is 5.49. The average molecular weight is 508 g/mol. The normalized spacial score (nSPS) is 11.4. The van der Waals surface area contributed by atoms with Crippen LogP contribution in [-0.4, -0.2) is 34.8 Å². The molecule has 0 aliphatic heterocycles. The molecule has 0 fully saturated rings. The van der Waals surface area contributed by atoms with Crippen LogP contribution in [0, 0.1) is 13.8 Å². The van der Waals surface area contributed by atoms with Gasteiger partial charge in [-0.05, 0) is 54.8 Å². The lowest BCUT2D eigenvalue weighted by molar-refractivity contribution is -0.118. The molecule has 1 amide bonds. The topological polar surface area (TPSA) is 120 Å². The third kappa shape index (κ3) is 5.97. The van der Waals surface area contributed by atoms with Crippen LogP contribution in [0.5, 0.6) is 0 Å². The smallest absolute Gasteiger partial charge is 0.238 e. The first kappa shape index (κ1) is 24.6. The van der Waals surface area contributed by atoms with Gasteiger partial charge in [0.15, 0.2) is 11.0 Å². The highest BCUT2D eigenvalue weighted by atomic mass is 32.2. The number of rotatable bonds is 8. The highest BCUT2D eigenvalue weighted by Gasteiger charge is 2.18. The summed E-state index contributed by atoms with van der Waals surface area (Å²) in [5.41, 5.74) is 4.96. The van der Waals surface area contributed by atoms with Crippen molar-refractivity contribution < 1.29 is 13.2 Å². The third-order valence-corrected chi connectivity index (χ3v) is 7.35. The largest absolute Gasteiger partial charge is 0.351 e. The second kappa shape index (κ2) is 10.4. The molecule has 0 aliphatic rings. The second-order valence-electron chi connectivity index (χ2n) is 8.03. The van der Waals surface area contributed by atoms with Gasteiger partial charge in [0.2, 0.25) is 15.9 Å². The quantitative estimate of drug-likeness (QED) is 0.352. The van der Waals surface area contributed by atoms with Gasteiger partial charge in [0, 0.05) is 12.1 Å². The van der Waals surface area contributed by atoms with E-state index in [-0.39, 0.29) is 23.1 Å².